The molecule has 0 bridgehead atoms. The fraction of sp³-hybridized carbons (Fsp3) is 0.364. The van der Waals surface area contributed by atoms with Gasteiger partial charge in [-0.25, -0.2) is 15.0 Å². The monoisotopic (exact) mass is 389 g/mol. The van der Waals surface area contributed by atoms with Crippen molar-refractivity contribution < 1.29 is 0 Å². The fourth-order valence-corrected chi connectivity index (χ4v) is 3.95. The van der Waals surface area contributed by atoms with Crippen molar-refractivity contribution in [3.63, 3.8) is 0 Å². The minimum atomic E-state index is 0.262. The van der Waals surface area contributed by atoms with Gasteiger partial charge in [0.15, 0.2) is 0 Å². The molecule has 0 saturated carbocycles. The van der Waals surface area contributed by atoms with Gasteiger partial charge >= 0.3 is 0 Å². The molecule has 2 aliphatic heterocycles. The van der Waals surface area contributed by atoms with Crippen LogP contribution in [0.25, 0.3) is 5.70 Å². The van der Waals surface area contributed by atoms with Gasteiger partial charge in [-0.1, -0.05) is 6.58 Å². The Balaban J connectivity index is 1.73. The van der Waals surface area contributed by atoms with Crippen LogP contribution in [0.1, 0.15) is 38.2 Å². The number of piperidine rings is 1. The smallest absolute Gasteiger partial charge is 0.219 e. The zero-order valence-electron chi connectivity index (χ0n) is 16.9. The maximum Gasteiger partial charge on any atom is 0.219 e. The van der Waals surface area contributed by atoms with Gasteiger partial charge in [-0.2, -0.15) is 0 Å². The van der Waals surface area contributed by atoms with Crippen molar-refractivity contribution in [2.24, 2.45) is 4.99 Å². The third-order valence-electron chi connectivity index (χ3n) is 5.55. The molecule has 0 spiro atoms. The van der Waals surface area contributed by atoms with Crippen molar-refractivity contribution in [2.45, 2.75) is 32.6 Å². The Labute approximate surface area is 171 Å². The Hall–Kier alpha value is -3.22. The number of nitrogens with zero attached hydrogens (tertiary/aromatic N) is 6. The lowest BCUT2D eigenvalue weighted by Crippen LogP contribution is -2.34. The lowest BCUT2D eigenvalue weighted by Gasteiger charge is -2.28. The van der Waals surface area contributed by atoms with Gasteiger partial charge in [-0.3, -0.25) is 4.98 Å². The van der Waals surface area contributed by atoms with E-state index in [1.165, 1.54) is 19.3 Å². The van der Waals surface area contributed by atoms with Gasteiger partial charge in [0.25, 0.3) is 0 Å². The highest BCUT2D eigenvalue weighted by Gasteiger charge is 2.26. The number of hydrogen-bond donors (Lipinski definition) is 1. The molecule has 2 fully saturated rings. The van der Waals surface area contributed by atoms with Crippen molar-refractivity contribution in [1.82, 2.24) is 19.9 Å². The predicted molar refractivity (Wildman–Crippen MR) is 117 cm³/mol. The van der Waals surface area contributed by atoms with Crippen molar-refractivity contribution >= 4 is 23.2 Å². The molecule has 2 N–H and O–H groups in total. The largest absolute Gasteiger partial charge is 0.368 e. The number of rotatable bonds is 3. The summed E-state index contributed by atoms with van der Waals surface area (Å²) in [5.41, 5.74) is 10.6. The standard InChI is InChI=1S/C22H27N7/c1-16-20(8-13-29(16)19-6-9-24-10-7-19)21(18-14-25-22(23)26-15-18)27-17(2)28-11-4-3-5-12-28/h6-7,9-10,14-15H,1,3-5,8,11-13H2,2H3,(H2,23,25,26)/b21-20-,27-17+. The molecule has 0 atom stereocenters. The first kappa shape index (κ1) is 19.1. The minimum absolute atomic E-state index is 0.262. The molecule has 0 aromatic carbocycles. The van der Waals surface area contributed by atoms with Gasteiger partial charge in [-0.15, -0.1) is 0 Å². The Kier molecular flexibility index (Phi) is 5.55. The number of hydrogen-bond acceptors (Lipinski definition) is 6. The van der Waals surface area contributed by atoms with E-state index in [0.717, 1.165) is 60.1 Å². The highest BCUT2D eigenvalue weighted by atomic mass is 15.2. The van der Waals surface area contributed by atoms with E-state index in [1.54, 1.807) is 24.8 Å². The lowest BCUT2D eigenvalue weighted by molar-refractivity contribution is 0.341. The maximum absolute atomic E-state index is 5.71. The van der Waals surface area contributed by atoms with Gasteiger partial charge in [0.1, 0.15) is 5.84 Å². The van der Waals surface area contributed by atoms with Crippen LogP contribution in [0.15, 0.2) is 59.8 Å². The van der Waals surface area contributed by atoms with Crippen LogP contribution in [0.3, 0.4) is 0 Å². The zero-order chi connectivity index (χ0) is 20.2. The first-order valence-corrected chi connectivity index (χ1v) is 10.1. The number of likely N-dealkylation sites (tertiary alicyclic amines) is 1. The molecule has 7 heteroatoms. The number of nitrogens with two attached hydrogens (primary N) is 1. The molecule has 2 aromatic heterocycles. The summed E-state index contributed by atoms with van der Waals surface area (Å²) in [7, 11) is 0. The number of nitrogen functional groups attached to an aromatic ring is 1. The summed E-state index contributed by atoms with van der Waals surface area (Å²) < 4.78 is 0. The normalized spacial score (nSPS) is 19.6. The van der Waals surface area contributed by atoms with Gasteiger partial charge in [0.2, 0.25) is 5.95 Å². The summed E-state index contributed by atoms with van der Waals surface area (Å²) in [5.74, 6) is 1.29. The molecule has 0 aliphatic carbocycles. The molecule has 2 saturated heterocycles. The molecule has 4 heterocycles. The summed E-state index contributed by atoms with van der Waals surface area (Å²) in [5, 5.41) is 0. The molecule has 150 valence electrons. The van der Waals surface area contributed by atoms with E-state index in [0.29, 0.717) is 0 Å². The lowest BCUT2D eigenvalue weighted by atomic mass is 10.1. The molecular formula is C22H27N7. The number of aliphatic imine (C=N–C) groups is 1. The topological polar surface area (TPSA) is 83.5 Å². The molecule has 2 aromatic rings. The van der Waals surface area contributed by atoms with Crippen molar-refractivity contribution in [3.8, 4) is 0 Å². The summed E-state index contributed by atoms with van der Waals surface area (Å²) in [6, 6.07) is 4.00. The highest BCUT2D eigenvalue weighted by molar-refractivity contribution is 5.88. The summed E-state index contributed by atoms with van der Waals surface area (Å²) in [4.78, 5) is 22.1. The summed E-state index contributed by atoms with van der Waals surface area (Å²) >= 11 is 0. The first-order valence-electron chi connectivity index (χ1n) is 10.1. The average Bonchev–Trinajstić information content (AvgIpc) is 3.15. The molecule has 2 aliphatic rings. The SMILES string of the molecule is C=C1/C(=C(\N=C(/C)N2CCCCC2)c2cnc(N)nc2)CCN1c1ccncc1. The Morgan fingerprint density at radius 1 is 1.07 bits per heavy atom. The quantitative estimate of drug-likeness (QED) is 0.639. The number of aromatic nitrogens is 3. The van der Waals surface area contributed by atoms with Crippen LogP contribution in [0.2, 0.25) is 0 Å². The van der Waals surface area contributed by atoms with Crippen molar-refractivity contribution in [3.05, 3.63) is 60.3 Å². The van der Waals surface area contributed by atoms with Crippen LogP contribution in [0, 0.1) is 0 Å². The number of anilines is 2. The minimum Gasteiger partial charge on any atom is -0.368 e. The average molecular weight is 390 g/mol. The summed E-state index contributed by atoms with van der Waals surface area (Å²) in [6.07, 6.45) is 11.7. The Bertz CT molecular complexity index is 925. The number of allylic oxidation sites excluding steroid dienone is 1. The molecule has 7 nitrogen and oxygen atoms in total. The fourth-order valence-electron chi connectivity index (χ4n) is 3.95. The molecule has 0 amide bonds. The molecular weight excluding hydrogens is 362 g/mol. The van der Waals surface area contributed by atoms with E-state index in [-0.39, 0.29) is 5.95 Å². The van der Waals surface area contributed by atoms with E-state index in [4.69, 9.17) is 10.7 Å². The maximum atomic E-state index is 5.71. The van der Waals surface area contributed by atoms with E-state index < -0.39 is 0 Å². The van der Waals surface area contributed by atoms with Crippen LogP contribution in [-0.2, 0) is 0 Å². The van der Waals surface area contributed by atoms with Crippen LogP contribution >= 0.6 is 0 Å². The Morgan fingerprint density at radius 2 is 1.76 bits per heavy atom. The van der Waals surface area contributed by atoms with Crippen molar-refractivity contribution in [2.75, 3.05) is 30.3 Å². The highest BCUT2D eigenvalue weighted by Crippen LogP contribution is 2.36. The second-order valence-electron chi connectivity index (χ2n) is 7.42. The van der Waals surface area contributed by atoms with Gasteiger partial charge in [0, 0.05) is 66.9 Å². The van der Waals surface area contributed by atoms with Gasteiger partial charge in [-0.05, 0) is 44.7 Å². The number of pyridine rings is 1. The molecule has 29 heavy (non-hydrogen) atoms. The molecule has 4 rings (SSSR count). The molecule has 0 unspecified atom stereocenters. The van der Waals surface area contributed by atoms with E-state index in [2.05, 4.69) is 38.3 Å². The third-order valence-corrected chi connectivity index (χ3v) is 5.55. The summed E-state index contributed by atoms with van der Waals surface area (Å²) in [6.45, 7) is 9.43. The van der Waals surface area contributed by atoms with Crippen molar-refractivity contribution in [1.29, 1.82) is 0 Å². The van der Waals surface area contributed by atoms with Crippen LogP contribution in [0.4, 0.5) is 11.6 Å². The van der Waals surface area contributed by atoms with E-state index >= 15 is 0 Å². The van der Waals surface area contributed by atoms with E-state index in [9.17, 15) is 0 Å². The third kappa shape index (κ3) is 4.13. The predicted octanol–water partition coefficient (Wildman–Crippen LogP) is 3.49. The van der Waals surface area contributed by atoms with Crippen LogP contribution in [0.5, 0.6) is 0 Å². The molecule has 0 radical (unpaired) electrons. The first-order chi connectivity index (χ1) is 14.1. The number of amidine groups is 1. The van der Waals surface area contributed by atoms with Gasteiger partial charge < -0.3 is 15.5 Å². The van der Waals surface area contributed by atoms with Crippen LogP contribution < -0.4 is 10.6 Å². The van der Waals surface area contributed by atoms with Gasteiger partial charge in [0.05, 0.1) is 5.70 Å². The van der Waals surface area contributed by atoms with Crippen LogP contribution in [-0.4, -0.2) is 45.3 Å². The Morgan fingerprint density at radius 3 is 2.45 bits per heavy atom. The van der Waals surface area contributed by atoms with E-state index in [1.807, 2.05) is 12.1 Å². The second kappa shape index (κ2) is 8.43. The zero-order valence-corrected chi connectivity index (χ0v) is 16.9. The second-order valence-corrected chi connectivity index (χ2v) is 7.42.